The standard InChI is InChI=1S/C19H23FN2O4S/c1-3-26-17-8-10-18(11-9-17)27(24,25)21-12-13-22(15(2)23)14-16-6-4-5-7-19(16)20/h4-11,21H,3,12-14H2,1-2H3. The van der Waals surface area contributed by atoms with Gasteiger partial charge in [-0.25, -0.2) is 17.5 Å². The molecule has 0 atom stereocenters. The average molecular weight is 394 g/mol. The highest BCUT2D eigenvalue weighted by molar-refractivity contribution is 7.89. The number of nitrogens with one attached hydrogen (secondary N) is 1. The molecule has 6 nitrogen and oxygen atoms in total. The van der Waals surface area contributed by atoms with E-state index < -0.39 is 15.8 Å². The van der Waals surface area contributed by atoms with Crippen molar-refractivity contribution in [1.29, 1.82) is 0 Å². The second-order valence-electron chi connectivity index (χ2n) is 5.83. The van der Waals surface area contributed by atoms with Gasteiger partial charge < -0.3 is 9.64 Å². The van der Waals surface area contributed by atoms with Crippen LogP contribution < -0.4 is 9.46 Å². The van der Waals surface area contributed by atoms with Gasteiger partial charge in [0.05, 0.1) is 11.5 Å². The molecular weight excluding hydrogens is 371 g/mol. The van der Waals surface area contributed by atoms with Crippen LogP contribution in [0.4, 0.5) is 4.39 Å². The summed E-state index contributed by atoms with van der Waals surface area (Å²) in [5, 5.41) is 0. The summed E-state index contributed by atoms with van der Waals surface area (Å²) in [5.41, 5.74) is 0.377. The molecule has 0 aromatic heterocycles. The van der Waals surface area contributed by atoms with Crippen LogP contribution in [0.5, 0.6) is 5.75 Å². The Morgan fingerprint density at radius 1 is 1.15 bits per heavy atom. The molecule has 0 heterocycles. The van der Waals surface area contributed by atoms with Gasteiger partial charge in [0.15, 0.2) is 0 Å². The molecule has 1 N–H and O–H groups in total. The summed E-state index contributed by atoms with van der Waals surface area (Å²) in [7, 11) is -3.71. The van der Waals surface area contributed by atoms with Crippen molar-refractivity contribution in [3.05, 3.63) is 59.9 Å². The Morgan fingerprint density at radius 2 is 1.81 bits per heavy atom. The molecule has 27 heavy (non-hydrogen) atoms. The molecule has 0 saturated carbocycles. The monoisotopic (exact) mass is 394 g/mol. The van der Waals surface area contributed by atoms with Crippen LogP contribution in [0.25, 0.3) is 0 Å². The van der Waals surface area contributed by atoms with Crippen LogP contribution in [0, 0.1) is 5.82 Å². The van der Waals surface area contributed by atoms with Crippen LogP contribution in [0.2, 0.25) is 0 Å². The van der Waals surface area contributed by atoms with Gasteiger partial charge >= 0.3 is 0 Å². The number of benzene rings is 2. The number of carbonyl (C=O) groups is 1. The van der Waals surface area contributed by atoms with Crippen molar-refractivity contribution in [3.8, 4) is 5.75 Å². The van der Waals surface area contributed by atoms with E-state index in [2.05, 4.69) is 4.72 Å². The van der Waals surface area contributed by atoms with Gasteiger partial charge in [0.2, 0.25) is 15.9 Å². The smallest absolute Gasteiger partial charge is 0.240 e. The van der Waals surface area contributed by atoms with Crippen molar-refractivity contribution in [2.45, 2.75) is 25.3 Å². The molecule has 0 unspecified atom stereocenters. The van der Waals surface area contributed by atoms with Crippen molar-refractivity contribution in [1.82, 2.24) is 9.62 Å². The lowest BCUT2D eigenvalue weighted by molar-refractivity contribution is -0.129. The first-order valence-electron chi connectivity index (χ1n) is 8.55. The molecule has 0 radical (unpaired) electrons. The first-order valence-corrected chi connectivity index (χ1v) is 10.0. The fourth-order valence-corrected chi connectivity index (χ4v) is 3.48. The Morgan fingerprint density at radius 3 is 2.41 bits per heavy atom. The lowest BCUT2D eigenvalue weighted by atomic mass is 10.2. The number of hydrogen-bond donors (Lipinski definition) is 1. The van der Waals surface area contributed by atoms with E-state index in [1.807, 2.05) is 6.92 Å². The summed E-state index contributed by atoms with van der Waals surface area (Å²) < 4.78 is 46.2. The number of amides is 1. The van der Waals surface area contributed by atoms with Crippen molar-refractivity contribution in [2.24, 2.45) is 0 Å². The molecular formula is C19H23FN2O4S. The summed E-state index contributed by atoms with van der Waals surface area (Å²) in [4.78, 5) is 13.3. The van der Waals surface area contributed by atoms with Crippen LogP contribution in [0.3, 0.4) is 0 Å². The van der Waals surface area contributed by atoms with Gasteiger partial charge in [-0.05, 0) is 37.3 Å². The molecule has 1 amide bonds. The fourth-order valence-electron chi connectivity index (χ4n) is 2.46. The topological polar surface area (TPSA) is 75.7 Å². The van der Waals surface area contributed by atoms with Crippen molar-refractivity contribution >= 4 is 15.9 Å². The number of nitrogens with zero attached hydrogens (tertiary/aromatic N) is 1. The SMILES string of the molecule is CCOc1ccc(S(=O)(=O)NCCN(Cc2ccccc2F)C(C)=O)cc1. The van der Waals surface area contributed by atoms with Crippen LogP contribution >= 0.6 is 0 Å². The van der Waals surface area contributed by atoms with Crippen LogP contribution in [0.1, 0.15) is 19.4 Å². The third-order valence-corrected chi connectivity index (χ3v) is 5.36. The maximum atomic E-state index is 13.8. The lowest BCUT2D eigenvalue weighted by Crippen LogP contribution is -2.37. The van der Waals surface area contributed by atoms with Gasteiger partial charge in [-0.3, -0.25) is 4.79 Å². The summed E-state index contributed by atoms with van der Waals surface area (Å²) in [6, 6.07) is 12.2. The molecule has 0 saturated heterocycles. The highest BCUT2D eigenvalue weighted by Crippen LogP contribution is 2.16. The molecule has 0 aliphatic carbocycles. The molecule has 0 fully saturated rings. The van der Waals surface area contributed by atoms with E-state index in [-0.39, 0.29) is 30.4 Å². The molecule has 2 aromatic carbocycles. The number of sulfonamides is 1. The minimum absolute atomic E-state index is 0.0174. The Kier molecular flexibility index (Phi) is 7.32. The van der Waals surface area contributed by atoms with E-state index in [0.29, 0.717) is 17.9 Å². The predicted octanol–water partition coefficient (Wildman–Crippen LogP) is 2.55. The molecule has 8 heteroatoms. The zero-order valence-electron chi connectivity index (χ0n) is 15.3. The largest absolute Gasteiger partial charge is 0.494 e. The van der Waals surface area contributed by atoms with Crippen molar-refractivity contribution < 1.29 is 22.3 Å². The highest BCUT2D eigenvalue weighted by Gasteiger charge is 2.16. The molecule has 2 aromatic rings. The number of hydrogen-bond acceptors (Lipinski definition) is 4. The van der Waals surface area contributed by atoms with Crippen LogP contribution in [-0.4, -0.2) is 38.9 Å². The summed E-state index contributed by atoms with van der Waals surface area (Å²) in [6.45, 7) is 3.92. The minimum Gasteiger partial charge on any atom is -0.494 e. The van der Waals surface area contributed by atoms with E-state index in [1.54, 1.807) is 30.3 Å². The maximum absolute atomic E-state index is 13.8. The van der Waals surface area contributed by atoms with E-state index in [1.165, 1.54) is 30.0 Å². The molecule has 0 aliphatic heterocycles. The zero-order chi connectivity index (χ0) is 19.9. The number of ether oxygens (including phenoxy) is 1. The van der Waals surface area contributed by atoms with Gasteiger partial charge in [-0.2, -0.15) is 0 Å². The number of carbonyl (C=O) groups excluding carboxylic acids is 1. The highest BCUT2D eigenvalue weighted by atomic mass is 32.2. The van der Waals surface area contributed by atoms with Crippen LogP contribution in [0.15, 0.2) is 53.4 Å². The van der Waals surface area contributed by atoms with Gasteiger partial charge in [-0.15, -0.1) is 0 Å². The van der Waals surface area contributed by atoms with Gasteiger partial charge in [0.1, 0.15) is 11.6 Å². The van der Waals surface area contributed by atoms with Gasteiger partial charge in [-0.1, -0.05) is 18.2 Å². The summed E-state index contributed by atoms with van der Waals surface area (Å²) >= 11 is 0. The lowest BCUT2D eigenvalue weighted by Gasteiger charge is -2.21. The molecule has 146 valence electrons. The normalized spacial score (nSPS) is 11.2. The van der Waals surface area contributed by atoms with Crippen molar-refractivity contribution in [2.75, 3.05) is 19.7 Å². The summed E-state index contributed by atoms with van der Waals surface area (Å²) in [6.07, 6.45) is 0. The second-order valence-corrected chi connectivity index (χ2v) is 7.60. The molecule has 0 aliphatic rings. The molecule has 0 bridgehead atoms. The van der Waals surface area contributed by atoms with E-state index in [9.17, 15) is 17.6 Å². The molecule has 0 spiro atoms. The van der Waals surface area contributed by atoms with E-state index in [4.69, 9.17) is 4.74 Å². The first kappa shape index (κ1) is 20.9. The zero-order valence-corrected chi connectivity index (χ0v) is 16.1. The van der Waals surface area contributed by atoms with E-state index in [0.717, 1.165) is 0 Å². The predicted molar refractivity (Wildman–Crippen MR) is 100 cm³/mol. The first-order chi connectivity index (χ1) is 12.8. The Balaban J connectivity index is 1.97. The Bertz CT molecular complexity index is 870. The Hall–Kier alpha value is -2.45. The van der Waals surface area contributed by atoms with Crippen LogP contribution in [-0.2, 0) is 21.4 Å². The molecule has 2 rings (SSSR count). The van der Waals surface area contributed by atoms with Gasteiger partial charge in [0, 0.05) is 32.1 Å². The fraction of sp³-hybridized carbons (Fsp3) is 0.316. The number of rotatable bonds is 9. The quantitative estimate of drug-likeness (QED) is 0.709. The third kappa shape index (κ3) is 6.04. The Labute approximate surface area is 159 Å². The minimum atomic E-state index is -3.71. The summed E-state index contributed by atoms with van der Waals surface area (Å²) in [5.74, 6) is -0.0821. The number of halogens is 1. The maximum Gasteiger partial charge on any atom is 0.240 e. The third-order valence-electron chi connectivity index (χ3n) is 3.88. The van der Waals surface area contributed by atoms with E-state index >= 15 is 0 Å². The van der Waals surface area contributed by atoms with Crippen molar-refractivity contribution in [3.63, 3.8) is 0 Å². The average Bonchev–Trinajstić information content (AvgIpc) is 2.63. The second kappa shape index (κ2) is 9.48. The van der Waals surface area contributed by atoms with Gasteiger partial charge in [0.25, 0.3) is 0 Å².